The molecule has 0 amide bonds. The van der Waals surface area contributed by atoms with Gasteiger partial charge in [-0.15, -0.1) is 0 Å². The van der Waals surface area contributed by atoms with E-state index in [0.29, 0.717) is 12.0 Å². The fourth-order valence-corrected chi connectivity index (χ4v) is 3.22. The van der Waals surface area contributed by atoms with Crippen LogP contribution in [-0.2, 0) is 9.84 Å². The smallest absolute Gasteiger partial charge is 0.156 e. The minimum Gasteiger partial charge on any atom is -0.315 e. The first kappa shape index (κ1) is 15.0. The van der Waals surface area contributed by atoms with E-state index in [1.807, 2.05) is 0 Å². The molecule has 0 unspecified atom stereocenters. The van der Waals surface area contributed by atoms with Gasteiger partial charge in [0.05, 0.1) is 10.5 Å². The minimum atomic E-state index is -2.97. The Labute approximate surface area is 106 Å². The van der Waals surface area contributed by atoms with Crippen LogP contribution in [-0.4, -0.2) is 32.0 Å². The molecule has 0 spiro atoms. The zero-order valence-corrected chi connectivity index (χ0v) is 12.5. The van der Waals surface area contributed by atoms with E-state index in [2.05, 4.69) is 12.2 Å². The summed E-state index contributed by atoms with van der Waals surface area (Å²) in [4.78, 5) is 0. The normalized spacial score (nSPS) is 20.0. The lowest BCUT2D eigenvalue weighted by Gasteiger charge is -2.41. The molecule has 0 aromatic carbocycles. The largest absolute Gasteiger partial charge is 0.315 e. The average Bonchev–Trinajstić information content (AvgIpc) is 2.13. The number of hydrogen-bond donors (Lipinski definition) is 1. The molecule has 0 heterocycles. The standard InChI is InChI=1S/C13H27NO2S/c1-5-13(7-6-8-13)11-14-9-10-17(15,16)12(2,3)4/h14H,5-11H2,1-4H3. The molecule has 17 heavy (non-hydrogen) atoms. The van der Waals surface area contributed by atoms with Gasteiger partial charge >= 0.3 is 0 Å². The molecule has 0 radical (unpaired) electrons. The summed E-state index contributed by atoms with van der Waals surface area (Å²) >= 11 is 0. The maximum atomic E-state index is 11.9. The van der Waals surface area contributed by atoms with Crippen molar-refractivity contribution in [1.29, 1.82) is 0 Å². The zero-order valence-electron chi connectivity index (χ0n) is 11.7. The summed E-state index contributed by atoms with van der Waals surface area (Å²) in [7, 11) is -2.97. The van der Waals surface area contributed by atoms with Gasteiger partial charge in [-0.1, -0.05) is 13.3 Å². The molecule has 3 nitrogen and oxygen atoms in total. The summed E-state index contributed by atoms with van der Waals surface area (Å²) in [5, 5.41) is 3.33. The number of sulfone groups is 1. The molecule has 0 aromatic heterocycles. The van der Waals surface area contributed by atoms with Crippen molar-refractivity contribution < 1.29 is 8.42 Å². The fourth-order valence-electron chi connectivity index (χ4n) is 2.20. The van der Waals surface area contributed by atoms with Gasteiger partial charge in [-0.05, 0) is 45.4 Å². The monoisotopic (exact) mass is 261 g/mol. The molecular weight excluding hydrogens is 234 g/mol. The van der Waals surface area contributed by atoms with Crippen LogP contribution in [0.5, 0.6) is 0 Å². The Morgan fingerprint density at radius 2 is 1.82 bits per heavy atom. The van der Waals surface area contributed by atoms with E-state index < -0.39 is 14.6 Å². The van der Waals surface area contributed by atoms with Crippen LogP contribution >= 0.6 is 0 Å². The molecule has 0 atom stereocenters. The summed E-state index contributed by atoms with van der Waals surface area (Å²) in [6.45, 7) is 9.09. The van der Waals surface area contributed by atoms with Crippen LogP contribution in [0.4, 0.5) is 0 Å². The van der Waals surface area contributed by atoms with E-state index in [9.17, 15) is 8.42 Å². The average molecular weight is 261 g/mol. The third kappa shape index (κ3) is 3.68. The third-order valence-electron chi connectivity index (χ3n) is 4.14. The lowest BCUT2D eigenvalue weighted by molar-refractivity contribution is 0.125. The molecule has 4 heteroatoms. The van der Waals surface area contributed by atoms with E-state index in [4.69, 9.17) is 0 Å². The zero-order chi connectivity index (χ0) is 13.2. The second-order valence-corrected chi connectivity index (χ2v) is 9.18. The van der Waals surface area contributed by atoms with Gasteiger partial charge in [0.1, 0.15) is 0 Å². The molecule has 1 aliphatic carbocycles. The quantitative estimate of drug-likeness (QED) is 0.747. The molecule has 1 fully saturated rings. The Kier molecular flexibility index (Phi) is 4.64. The van der Waals surface area contributed by atoms with Gasteiger partial charge in [0.25, 0.3) is 0 Å². The van der Waals surface area contributed by atoms with Gasteiger partial charge in [-0.3, -0.25) is 0 Å². The second-order valence-electron chi connectivity index (χ2n) is 6.32. The first-order valence-electron chi connectivity index (χ1n) is 6.65. The summed E-state index contributed by atoms with van der Waals surface area (Å²) in [6, 6.07) is 0. The molecular formula is C13H27NO2S. The maximum Gasteiger partial charge on any atom is 0.156 e. The molecule has 0 saturated heterocycles. The van der Waals surface area contributed by atoms with Gasteiger partial charge in [0, 0.05) is 13.1 Å². The highest BCUT2D eigenvalue weighted by Crippen LogP contribution is 2.42. The van der Waals surface area contributed by atoms with E-state index in [1.54, 1.807) is 20.8 Å². The molecule has 1 rings (SSSR count). The van der Waals surface area contributed by atoms with Crippen molar-refractivity contribution in [2.45, 2.75) is 58.1 Å². The van der Waals surface area contributed by atoms with Crippen LogP contribution in [0.15, 0.2) is 0 Å². The maximum absolute atomic E-state index is 11.9. The lowest BCUT2D eigenvalue weighted by atomic mass is 9.67. The van der Waals surface area contributed by atoms with Crippen molar-refractivity contribution in [1.82, 2.24) is 5.32 Å². The van der Waals surface area contributed by atoms with Crippen LogP contribution in [0.25, 0.3) is 0 Å². The number of hydrogen-bond acceptors (Lipinski definition) is 3. The highest BCUT2D eigenvalue weighted by Gasteiger charge is 2.34. The summed E-state index contributed by atoms with van der Waals surface area (Å²) in [5.41, 5.74) is 0.464. The highest BCUT2D eigenvalue weighted by atomic mass is 32.2. The Morgan fingerprint density at radius 3 is 2.18 bits per heavy atom. The minimum absolute atomic E-state index is 0.246. The second kappa shape index (κ2) is 5.27. The van der Waals surface area contributed by atoms with Gasteiger partial charge in [0.2, 0.25) is 0 Å². The van der Waals surface area contributed by atoms with Crippen molar-refractivity contribution in [2.24, 2.45) is 5.41 Å². The Hall–Kier alpha value is -0.0900. The van der Waals surface area contributed by atoms with E-state index >= 15 is 0 Å². The van der Waals surface area contributed by atoms with Crippen molar-refractivity contribution in [3.05, 3.63) is 0 Å². The topological polar surface area (TPSA) is 46.2 Å². The Balaban J connectivity index is 2.29. The van der Waals surface area contributed by atoms with Crippen LogP contribution in [0, 0.1) is 5.41 Å². The number of rotatable bonds is 6. The Morgan fingerprint density at radius 1 is 1.24 bits per heavy atom. The molecule has 1 N–H and O–H groups in total. The molecule has 102 valence electrons. The van der Waals surface area contributed by atoms with Crippen LogP contribution in [0.2, 0.25) is 0 Å². The van der Waals surface area contributed by atoms with E-state index in [0.717, 1.165) is 6.54 Å². The number of nitrogens with one attached hydrogen (secondary N) is 1. The summed E-state index contributed by atoms with van der Waals surface area (Å²) in [6.07, 6.45) is 5.12. The molecule has 1 saturated carbocycles. The first-order chi connectivity index (χ1) is 7.72. The molecule has 0 bridgehead atoms. The van der Waals surface area contributed by atoms with Crippen LogP contribution in [0.3, 0.4) is 0 Å². The van der Waals surface area contributed by atoms with E-state index in [1.165, 1.54) is 25.7 Å². The van der Waals surface area contributed by atoms with Crippen LogP contribution < -0.4 is 5.32 Å². The van der Waals surface area contributed by atoms with E-state index in [-0.39, 0.29) is 5.75 Å². The SMILES string of the molecule is CCC1(CNCCS(=O)(=O)C(C)(C)C)CCC1. The highest BCUT2D eigenvalue weighted by molar-refractivity contribution is 7.92. The van der Waals surface area contributed by atoms with Gasteiger partial charge < -0.3 is 5.32 Å². The van der Waals surface area contributed by atoms with Gasteiger partial charge in [-0.25, -0.2) is 8.42 Å². The van der Waals surface area contributed by atoms with Gasteiger partial charge in [0.15, 0.2) is 9.84 Å². The molecule has 0 aliphatic heterocycles. The molecule has 1 aliphatic rings. The lowest BCUT2D eigenvalue weighted by Crippen LogP contribution is -2.42. The van der Waals surface area contributed by atoms with Crippen molar-refractivity contribution in [3.8, 4) is 0 Å². The van der Waals surface area contributed by atoms with Gasteiger partial charge in [-0.2, -0.15) is 0 Å². The predicted octanol–water partition coefficient (Wildman–Crippen LogP) is 2.37. The summed E-state index contributed by atoms with van der Waals surface area (Å²) in [5.74, 6) is 0.246. The van der Waals surface area contributed by atoms with Crippen molar-refractivity contribution >= 4 is 9.84 Å². The third-order valence-corrected chi connectivity index (χ3v) is 6.75. The fraction of sp³-hybridized carbons (Fsp3) is 1.00. The van der Waals surface area contributed by atoms with Crippen molar-refractivity contribution in [3.63, 3.8) is 0 Å². The predicted molar refractivity (Wildman–Crippen MR) is 73.0 cm³/mol. The van der Waals surface area contributed by atoms with Crippen LogP contribution in [0.1, 0.15) is 53.4 Å². The first-order valence-corrected chi connectivity index (χ1v) is 8.31. The Bertz CT molecular complexity index is 331. The molecule has 0 aromatic rings. The van der Waals surface area contributed by atoms with Crippen molar-refractivity contribution in [2.75, 3.05) is 18.8 Å². The summed E-state index contributed by atoms with van der Waals surface area (Å²) < 4.78 is 23.1.